The number of carbonyl (C=O) groups excluding carboxylic acids is 1. The van der Waals surface area contributed by atoms with Gasteiger partial charge in [0.25, 0.3) is 5.91 Å². The Morgan fingerprint density at radius 1 is 1.14 bits per heavy atom. The van der Waals surface area contributed by atoms with Crippen LogP contribution < -0.4 is 0 Å². The largest absolute Gasteiger partial charge is 0.368 e. The lowest BCUT2D eigenvalue weighted by atomic mass is 10.1. The summed E-state index contributed by atoms with van der Waals surface area (Å²) in [5, 5.41) is 0. The summed E-state index contributed by atoms with van der Waals surface area (Å²) in [6.45, 7) is 25.3. The van der Waals surface area contributed by atoms with Crippen molar-refractivity contribution in [3.05, 3.63) is 72.0 Å². The second-order valence-corrected chi connectivity index (χ2v) is 8.65. The molecule has 0 aromatic carbocycles. The van der Waals surface area contributed by atoms with Crippen molar-refractivity contribution in [2.45, 2.75) is 61.4 Å². The van der Waals surface area contributed by atoms with Gasteiger partial charge in [0.05, 0.1) is 17.4 Å². The third kappa shape index (κ3) is 6.76. The number of fused-ring (bicyclic) bond motifs is 1. The minimum atomic E-state index is -0.00824. The monoisotopic (exact) mass is 491 g/mol. The van der Waals surface area contributed by atoms with E-state index in [4.69, 9.17) is 0 Å². The Morgan fingerprint density at radius 2 is 1.81 bits per heavy atom. The van der Waals surface area contributed by atoms with Gasteiger partial charge in [-0.15, -0.1) is 0 Å². The van der Waals surface area contributed by atoms with E-state index in [0.29, 0.717) is 0 Å². The van der Waals surface area contributed by atoms with Crippen LogP contribution in [0.1, 0.15) is 65.3 Å². The van der Waals surface area contributed by atoms with Gasteiger partial charge in [-0.1, -0.05) is 53.3 Å². The van der Waals surface area contributed by atoms with Crippen LogP contribution in [-0.2, 0) is 4.79 Å². The van der Waals surface area contributed by atoms with Crippen LogP contribution in [0, 0.1) is 6.92 Å². The van der Waals surface area contributed by atoms with Crippen LogP contribution >= 0.6 is 0 Å². The van der Waals surface area contributed by atoms with Gasteiger partial charge in [-0.05, 0) is 50.6 Å². The Bertz CT molecular complexity index is 1120. The van der Waals surface area contributed by atoms with E-state index in [2.05, 4.69) is 47.4 Å². The Hall–Kier alpha value is -3.12. The standard InChI is InChI=1S/C26H33N5O.2C2H6/c1-6-22-15-23(17-30-16-20(4)27-26(22)30)19(3)14-25(32)31-18-24(9-8-21(31)5)29-12-10-28(7-2)11-13-29;2*1-2/h6,8-9,14-18,21H,1,7,10-13H2,2-5H3;2*1-2H3/b19-14+;;. The molecule has 4 heterocycles. The third-order valence-corrected chi connectivity index (χ3v) is 6.41. The zero-order valence-electron chi connectivity index (χ0n) is 23.6. The maximum Gasteiger partial charge on any atom is 0.251 e. The topological polar surface area (TPSA) is 44.1 Å². The third-order valence-electron chi connectivity index (χ3n) is 6.41. The van der Waals surface area contributed by atoms with Crippen LogP contribution in [0.15, 0.2) is 55.2 Å². The lowest BCUT2D eigenvalue weighted by molar-refractivity contribution is -0.124. The Labute approximate surface area is 218 Å². The van der Waals surface area contributed by atoms with Crippen LogP contribution in [0.25, 0.3) is 17.3 Å². The molecule has 1 unspecified atom stereocenters. The number of aromatic nitrogens is 2. The first-order chi connectivity index (χ1) is 17.4. The molecular weight excluding hydrogens is 446 g/mol. The van der Waals surface area contributed by atoms with Crippen molar-refractivity contribution in [1.29, 1.82) is 0 Å². The SMILES string of the molecule is C=Cc1cc(/C(C)=C/C(=O)N2C=C(N3CCN(CC)CC3)C=CC2C)cn2cc(C)nc12.CC.CC. The number of likely N-dealkylation sites (N-methyl/N-ethyl adjacent to an activating group) is 1. The molecule has 1 saturated heterocycles. The summed E-state index contributed by atoms with van der Waals surface area (Å²) < 4.78 is 2.00. The number of allylic oxidation sites excluding steroid dienone is 2. The van der Waals surface area contributed by atoms with Gasteiger partial charge in [0.1, 0.15) is 5.65 Å². The smallest absolute Gasteiger partial charge is 0.251 e. The highest BCUT2D eigenvalue weighted by Gasteiger charge is 2.23. The summed E-state index contributed by atoms with van der Waals surface area (Å²) in [4.78, 5) is 24.5. The highest BCUT2D eigenvalue weighted by Crippen LogP contribution is 2.23. The minimum absolute atomic E-state index is 0.00824. The molecule has 36 heavy (non-hydrogen) atoms. The average molecular weight is 492 g/mol. The normalized spacial score (nSPS) is 18.2. The molecule has 2 aliphatic heterocycles. The summed E-state index contributed by atoms with van der Waals surface area (Å²) in [7, 11) is 0. The van der Waals surface area contributed by atoms with Crippen molar-refractivity contribution >= 4 is 23.2 Å². The zero-order chi connectivity index (χ0) is 26.8. The highest BCUT2D eigenvalue weighted by atomic mass is 16.2. The quantitative estimate of drug-likeness (QED) is 0.481. The maximum atomic E-state index is 13.2. The molecule has 0 bridgehead atoms. The van der Waals surface area contributed by atoms with E-state index in [1.165, 1.54) is 0 Å². The van der Waals surface area contributed by atoms with Crippen LogP contribution in [0.5, 0.6) is 0 Å². The van der Waals surface area contributed by atoms with Crippen molar-refractivity contribution in [2.24, 2.45) is 0 Å². The number of hydrogen-bond donors (Lipinski definition) is 0. The molecule has 0 radical (unpaired) electrons. The number of piperazine rings is 1. The summed E-state index contributed by atoms with van der Waals surface area (Å²) in [6.07, 6.45) is 13.8. The zero-order valence-corrected chi connectivity index (χ0v) is 23.6. The molecule has 1 atom stereocenters. The predicted molar refractivity (Wildman–Crippen MR) is 154 cm³/mol. The van der Waals surface area contributed by atoms with Crippen molar-refractivity contribution in [3.8, 4) is 0 Å². The lowest BCUT2D eigenvalue weighted by Crippen LogP contribution is -2.46. The molecule has 4 rings (SSSR count). The Balaban J connectivity index is 0.00000109. The van der Waals surface area contributed by atoms with E-state index in [-0.39, 0.29) is 11.9 Å². The van der Waals surface area contributed by atoms with Crippen molar-refractivity contribution in [1.82, 2.24) is 24.1 Å². The summed E-state index contributed by atoms with van der Waals surface area (Å²) in [5.41, 5.74) is 5.80. The first kappa shape index (κ1) is 29.1. The van der Waals surface area contributed by atoms with E-state index >= 15 is 0 Å². The van der Waals surface area contributed by atoms with E-state index in [0.717, 1.165) is 66.5 Å². The van der Waals surface area contributed by atoms with E-state index in [1.54, 1.807) is 6.08 Å². The number of amides is 1. The molecule has 0 N–H and O–H groups in total. The summed E-state index contributed by atoms with van der Waals surface area (Å²) in [5.74, 6) is -0.00824. The summed E-state index contributed by atoms with van der Waals surface area (Å²) in [6, 6.07) is 2.07. The number of aryl methyl sites for hydroxylation is 1. The van der Waals surface area contributed by atoms with Gasteiger partial charge in [0.2, 0.25) is 0 Å². The molecule has 196 valence electrons. The predicted octanol–water partition coefficient (Wildman–Crippen LogP) is 6.01. The van der Waals surface area contributed by atoms with E-state index in [9.17, 15) is 4.79 Å². The average Bonchev–Trinajstić information content (AvgIpc) is 3.30. The van der Waals surface area contributed by atoms with Gasteiger partial charge in [0.15, 0.2) is 0 Å². The molecule has 0 spiro atoms. The molecule has 6 heteroatoms. The lowest BCUT2D eigenvalue weighted by Gasteiger charge is -2.38. The van der Waals surface area contributed by atoms with E-state index in [1.807, 2.05) is 81.6 Å². The van der Waals surface area contributed by atoms with Crippen LogP contribution in [-0.4, -0.2) is 68.8 Å². The maximum absolute atomic E-state index is 13.2. The number of carbonyl (C=O) groups is 1. The van der Waals surface area contributed by atoms with E-state index < -0.39 is 0 Å². The fraction of sp³-hybridized carbons (Fsp3) is 0.467. The molecule has 2 aromatic heterocycles. The number of rotatable bonds is 5. The second kappa shape index (κ2) is 13.8. The minimum Gasteiger partial charge on any atom is -0.368 e. The molecule has 1 fully saturated rings. The summed E-state index contributed by atoms with van der Waals surface area (Å²) >= 11 is 0. The molecule has 1 amide bonds. The van der Waals surface area contributed by atoms with Crippen LogP contribution in [0.4, 0.5) is 0 Å². The van der Waals surface area contributed by atoms with Crippen LogP contribution in [0.3, 0.4) is 0 Å². The first-order valence-corrected chi connectivity index (χ1v) is 13.4. The molecule has 0 aliphatic carbocycles. The van der Waals surface area contributed by atoms with Crippen LogP contribution in [0.2, 0.25) is 0 Å². The Kier molecular flexibility index (Phi) is 11.2. The second-order valence-electron chi connectivity index (χ2n) is 8.65. The van der Waals surface area contributed by atoms with Crippen molar-refractivity contribution in [3.63, 3.8) is 0 Å². The highest BCUT2D eigenvalue weighted by molar-refractivity contribution is 5.96. The molecule has 0 saturated carbocycles. The first-order valence-electron chi connectivity index (χ1n) is 13.4. The van der Waals surface area contributed by atoms with Gasteiger partial charge in [-0.3, -0.25) is 4.79 Å². The van der Waals surface area contributed by atoms with Gasteiger partial charge < -0.3 is 19.1 Å². The molecule has 6 nitrogen and oxygen atoms in total. The number of nitrogens with zero attached hydrogens (tertiary/aromatic N) is 5. The van der Waals surface area contributed by atoms with Crippen molar-refractivity contribution in [2.75, 3.05) is 32.7 Å². The number of hydrogen-bond acceptors (Lipinski definition) is 4. The Morgan fingerprint density at radius 3 is 2.42 bits per heavy atom. The van der Waals surface area contributed by atoms with Crippen molar-refractivity contribution < 1.29 is 4.79 Å². The molecular formula is C30H45N5O. The van der Waals surface area contributed by atoms with Gasteiger partial charge in [0, 0.05) is 56.4 Å². The fourth-order valence-electron chi connectivity index (χ4n) is 4.36. The van der Waals surface area contributed by atoms with Gasteiger partial charge in [-0.2, -0.15) is 0 Å². The molecule has 2 aliphatic rings. The molecule has 2 aromatic rings. The number of imidazole rings is 1. The van der Waals surface area contributed by atoms with Gasteiger partial charge >= 0.3 is 0 Å². The number of pyridine rings is 1. The van der Waals surface area contributed by atoms with Gasteiger partial charge in [-0.25, -0.2) is 4.98 Å². The fourth-order valence-corrected chi connectivity index (χ4v) is 4.36.